The molecule has 0 fully saturated rings. The molecule has 3 nitrogen and oxygen atoms in total. The van der Waals surface area contributed by atoms with Crippen LogP contribution in [0.25, 0.3) is 0 Å². The fourth-order valence-electron chi connectivity index (χ4n) is 1.93. The maximum Gasteiger partial charge on any atom is 0.255 e. The summed E-state index contributed by atoms with van der Waals surface area (Å²) in [5.74, 6) is -0.0922. The average molecular weight is 254 g/mol. The third-order valence-corrected chi connectivity index (χ3v) is 3.17. The minimum absolute atomic E-state index is 0.0922. The Kier molecular flexibility index (Phi) is 3.56. The number of rotatable bonds is 2. The molecule has 19 heavy (non-hydrogen) atoms. The van der Waals surface area contributed by atoms with E-state index in [1.807, 2.05) is 51.1 Å². The molecule has 0 aromatic heterocycles. The van der Waals surface area contributed by atoms with Gasteiger partial charge in [0.25, 0.3) is 5.91 Å². The minimum atomic E-state index is -0.0922. The van der Waals surface area contributed by atoms with Gasteiger partial charge in [-0.25, -0.2) is 0 Å². The zero-order valence-electron chi connectivity index (χ0n) is 11.4. The van der Waals surface area contributed by atoms with E-state index in [0.29, 0.717) is 5.56 Å². The lowest BCUT2D eigenvalue weighted by Crippen LogP contribution is -2.13. The van der Waals surface area contributed by atoms with Gasteiger partial charge in [0, 0.05) is 16.9 Å². The van der Waals surface area contributed by atoms with Crippen LogP contribution >= 0.6 is 0 Å². The van der Waals surface area contributed by atoms with Crippen LogP contribution in [0.1, 0.15) is 27.0 Å². The number of nitrogen functional groups attached to an aromatic ring is 1. The molecule has 0 atom stereocenters. The van der Waals surface area contributed by atoms with Crippen molar-refractivity contribution in [1.29, 1.82) is 0 Å². The fraction of sp³-hybridized carbons (Fsp3) is 0.188. The van der Waals surface area contributed by atoms with Gasteiger partial charge in [-0.2, -0.15) is 0 Å². The Morgan fingerprint density at radius 3 is 2.42 bits per heavy atom. The third kappa shape index (κ3) is 2.94. The summed E-state index contributed by atoms with van der Waals surface area (Å²) in [7, 11) is 0. The van der Waals surface area contributed by atoms with Crippen molar-refractivity contribution < 1.29 is 4.79 Å². The van der Waals surface area contributed by atoms with E-state index < -0.39 is 0 Å². The number of carbonyl (C=O) groups is 1. The van der Waals surface area contributed by atoms with Gasteiger partial charge < -0.3 is 11.1 Å². The van der Waals surface area contributed by atoms with Gasteiger partial charge in [0.05, 0.1) is 0 Å². The molecule has 0 bridgehead atoms. The van der Waals surface area contributed by atoms with Gasteiger partial charge in [0.1, 0.15) is 0 Å². The van der Waals surface area contributed by atoms with Crippen molar-refractivity contribution in [3.8, 4) is 0 Å². The summed E-state index contributed by atoms with van der Waals surface area (Å²) < 4.78 is 0. The number of nitrogens with one attached hydrogen (secondary N) is 1. The smallest absolute Gasteiger partial charge is 0.255 e. The highest BCUT2D eigenvalue weighted by Crippen LogP contribution is 2.18. The Hall–Kier alpha value is -2.29. The highest BCUT2D eigenvalue weighted by molar-refractivity contribution is 6.05. The lowest BCUT2D eigenvalue weighted by Gasteiger charge is -2.10. The van der Waals surface area contributed by atoms with Crippen molar-refractivity contribution in [3.05, 3.63) is 58.7 Å². The predicted octanol–water partition coefficient (Wildman–Crippen LogP) is 3.45. The number of benzene rings is 2. The van der Waals surface area contributed by atoms with E-state index in [-0.39, 0.29) is 5.91 Å². The van der Waals surface area contributed by atoms with Crippen LogP contribution in [0.15, 0.2) is 36.4 Å². The van der Waals surface area contributed by atoms with Crippen LogP contribution in [0.2, 0.25) is 0 Å². The van der Waals surface area contributed by atoms with Crippen molar-refractivity contribution in [2.75, 3.05) is 11.1 Å². The SMILES string of the molecule is Cc1ccc(C)c(C(=O)Nc2ccc(N)c(C)c2)c1. The van der Waals surface area contributed by atoms with Gasteiger partial charge in [-0.3, -0.25) is 4.79 Å². The van der Waals surface area contributed by atoms with Gasteiger partial charge in [-0.05, 0) is 56.2 Å². The maximum absolute atomic E-state index is 12.2. The molecule has 2 aromatic rings. The Bertz CT molecular complexity index is 633. The summed E-state index contributed by atoms with van der Waals surface area (Å²) in [4.78, 5) is 12.2. The molecule has 98 valence electrons. The number of hydrogen-bond acceptors (Lipinski definition) is 2. The van der Waals surface area contributed by atoms with Crippen LogP contribution < -0.4 is 11.1 Å². The molecule has 2 rings (SSSR count). The number of hydrogen-bond donors (Lipinski definition) is 2. The molecule has 0 aliphatic rings. The highest BCUT2D eigenvalue weighted by Gasteiger charge is 2.09. The summed E-state index contributed by atoms with van der Waals surface area (Å²) in [5, 5.41) is 2.90. The van der Waals surface area contributed by atoms with Gasteiger partial charge >= 0.3 is 0 Å². The zero-order valence-corrected chi connectivity index (χ0v) is 11.4. The number of aryl methyl sites for hydroxylation is 3. The van der Waals surface area contributed by atoms with Crippen LogP contribution in [0.3, 0.4) is 0 Å². The van der Waals surface area contributed by atoms with Crippen LogP contribution in [-0.4, -0.2) is 5.91 Å². The first-order valence-corrected chi connectivity index (χ1v) is 6.22. The molecule has 3 N–H and O–H groups in total. The Labute approximate surface area is 113 Å². The fourth-order valence-corrected chi connectivity index (χ4v) is 1.93. The van der Waals surface area contributed by atoms with Crippen molar-refractivity contribution in [3.63, 3.8) is 0 Å². The minimum Gasteiger partial charge on any atom is -0.399 e. The molecule has 2 aromatic carbocycles. The summed E-state index contributed by atoms with van der Waals surface area (Å²) >= 11 is 0. The summed E-state index contributed by atoms with van der Waals surface area (Å²) in [6, 6.07) is 11.3. The molecule has 0 aliphatic heterocycles. The number of nitrogens with two attached hydrogens (primary N) is 1. The van der Waals surface area contributed by atoms with Crippen molar-refractivity contribution >= 4 is 17.3 Å². The zero-order chi connectivity index (χ0) is 14.0. The Balaban J connectivity index is 2.25. The molecule has 0 saturated carbocycles. The first kappa shape index (κ1) is 13.1. The van der Waals surface area contributed by atoms with Crippen LogP contribution in [0.5, 0.6) is 0 Å². The molecule has 3 heteroatoms. The molecule has 0 spiro atoms. The normalized spacial score (nSPS) is 10.3. The highest BCUT2D eigenvalue weighted by atomic mass is 16.1. The third-order valence-electron chi connectivity index (χ3n) is 3.17. The molecule has 0 unspecified atom stereocenters. The van der Waals surface area contributed by atoms with Crippen LogP contribution in [-0.2, 0) is 0 Å². The van der Waals surface area contributed by atoms with E-state index in [0.717, 1.165) is 28.1 Å². The molecule has 0 radical (unpaired) electrons. The van der Waals surface area contributed by atoms with E-state index in [2.05, 4.69) is 5.32 Å². The average Bonchev–Trinajstić information content (AvgIpc) is 2.36. The van der Waals surface area contributed by atoms with Gasteiger partial charge in [0.2, 0.25) is 0 Å². The molecule has 0 aliphatic carbocycles. The molecule has 1 amide bonds. The lowest BCUT2D eigenvalue weighted by molar-refractivity contribution is 0.102. The van der Waals surface area contributed by atoms with E-state index >= 15 is 0 Å². The van der Waals surface area contributed by atoms with Gasteiger partial charge in [-0.1, -0.05) is 17.7 Å². The lowest BCUT2D eigenvalue weighted by atomic mass is 10.0. The number of carbonyl (C=O) groups excluding carboxylic acids is 1. The second-order valence-electron chi connectivity index (χ2n) is 4.84. The first-order chi connectivity index (χ1) is 8.97. The van der Waals surface area contributed by atoms with E-state index in [1.54, 1.807) is 6.07 Å². The van der Waals surface area contributed by atoms with E-state index in [9.17, 15) is 4.79 Å². The predicted molar refractivity (Wildman–Crippen MR) is 79.5 cm³/mol. The molecular formula is C16H18N2O. The summed E-state index contributed by atoms with van der Waals surface area (Å²) in [6.45, 7) is 5.83. The first-order valence-electron chi connectivity index (χ1n) is 6.22. The van der Waals surface area contributed by atoms with Gasteiger partial charge in [-0.15, -0.1) is 0 Å². The monoisotopic (exact) mass is 254 g/mol. The van der Waals surface area contributed by atoms with Crippen LogP contribution in [0.4, 0.5) is 11.4 Å². The molecular weight excluding hydrogens is 236 g/mol. The second-order valence-corrected chi connectivity index (χ2v) is 4.84. The van der Waals surface area contributed by atoms with Crippen molar-refractivity contribution in [1.82, 2.24) is 0 Å². The second kappa shape index (κ2) is 5.14. The molecule has 0 heterocycles. The number of anilines is 2. The Morgan fingerprint density at radius 1 is 1.00 bits per heavy atom. The topological polar surface area (TPSA) is 55.1 Å². The Morgan fingerprint density at radius 2 is 1.74 bits per heavy atom. The quantitative estimate of drug-likeness (QED) is 0.806. The van der Waals surface area contributed by atoms with Crippen molar-refractivity contribution in [2.45, 2.75) is 20.8 Å². The largest absolute Gasteiger partial charge is 0.399 e. The maximum atomic E-state index is 12.2. The standard InChI is InChI=1S/C16H18N2O/c1-10-4-5-11(2)14(8-10)16(19)18-13-6-7-15(17)12(3)9-13/h4-9H,17H2,1-3H3,(H,18,19). The van der Waals surface area contributed by atoms with Gasteiger partial charge in [0.15, 0.2) is 0 Å². The number of amides is 1. The molecule has 0 saturated heterocycles. The summed E-state index contributed by atoms with van der Waals surface area (Å²) in [6.07, 6.45) is 0. The van der Waals surface area contributed by atoms with Crippen LogP contribution in [0, 0.1) is 20.8 Å². The summed E-state index contributed by atoms with van der Waals surface area (Å²) in [5.41, 5.74) is 11.0. The van der Waals surface area contributed by atoms with E-state index in [4.69, 9.17) is 5.73 Å². The van der Waals surface area contributed by atoms with E-state index in [1.165, 1.54) is 0 Å². The van der Waals surface area contributed by atoms with Crippen molar-refractivity contribution in [2.24, 2.45) is 0 Å².